The van der Waals surface area contributed by atoms with Crippen LogP contribution in [0.5, 0.6) is 0 Å². The molecule has 4 atom stereocenters. The van der Waals surface area contributed by atoms with Crippen molar-refractivity contribution in [2.45, 2.75) is 54.9 Å². The molecule has 1 heterocycles. The monoisotopic (exact) mass is 526 g/mol. The van der Waals surface area contributed by atoms with Crippen molar-refractivity contribution in [3.63, 3.8) is 0 Å². The maximum atomic E-state index is 6.64. The van der Waals surface area contributed by atoms with Crippen molar-refractivity contribution in [3.05, 3.63) is 138 Å². The summed E-state index contributed by atoms with van der Waals surface area (Å²) >= 11 is 1.68. The first-order chi connectivity index (χ1) is 18.8. The van der Waals surface area contributed by atoms with Crippen molar-refractivity contribution in [2.24, 2.45) is 0 Å². The average Bonchev–Trinajstić information content (AvgIpc) is 2.98. The van der Waals surface area contributed by atoms with Crippen LogP contribution in [0.4, 0.5) is 0 Å². The molecule has 0 aliphatic carbocycles. The maximum absolute atomic E-state index is 6.64. The van der Waals surface area contributed by atoms with Gasteiger partial charge in [-0.05, 0) is 28.8 Å². The van der Waals surface area contributed by atoms with Gasteiger partial charge in [-0.1, -0.05) is 121 Å². The minimum atomic E-state index is -0.241. The Bertz CT molecular complexity index is 1190. The van der Waals surface area contributed by atoms with Crippen LogP contribution in [-0.2, 0) is 38.8 Å². The number of rotatable bonds is 12. The summed E-state index contributed by atoms with van der Waals surface area (Å²) in [5, 5.41) is 0. The maximum Gasteiger partial charge on any atom is 0.136 e. The summed E-state index contributed by atoms with van der Waals surface area (Å²) in [6.07, 6.45) is 0.221. The fraction of sp³-hybridized carbons (Fsp3) is 0.273. The number of hydrogen-bond donors (Lipinski definition) is 0. The van der Waals surface area contributed by atoms with E-state index in [1.54, 1.807) is 11.8 Å². The molecule has 1 aliphatic rings. The van der Waals surface area contributed by atoms with Crippen LogP contribution in [0.3, 0.4) is 0 Å². The van der Waals surface area contributed by atoms with Crippen molar-refractivity contribution in [2.75, 3.05) is 6.61 Å². The Hall–Kier alpha value is -2.93. The van der Waals surface area contributed by atoms with Crippen LogP contribution in [0, 0.1) is 0 Å². The predicted octanol–water partition coefficient (Wildman–Crippen LogP) is 7.28. The van der Waals surface area contributed by atoms with Gasteiger partial charge in [0.1, 0.15) is 11.5 Å². The van der Waals surface area contributed by atoms with Crippen molar-refractivity contribution in [1.82, 2.24) is 0 Å². The molecule has 1 saturated heterocycles. The van der Waals surface area contributed by atoms with Gasteiger partial charge in [-0.2, -0.15) is 0 Å². The summed E-state index contributed by atoms with van der Waals surface area (Å²) in [7, 11) is 0. The van der Waals surface area contributed by atoms with Gasteiger partial charge in [0.15, 0.2) is 0 Å². The fourth-order valence-corrected chi connectivity index (χ4v) is 5.69. The zero-order valence-corrected chi connectivity index (χ0v) is 22.2. The van der Waals surface area contributed by atoms with E-state index < -0.39 is 0 Å². The highest BCUT2D eigenvalue weighted by molar-refractivity contribution is 7.99. The van der Waals surface area contributed by atoms with Gasteiger partial charge in [0, 0.05) is 11.3 Å². The highest BCUT2D eigenvalue weighted by atomic mass is 32.2. The van der Waals surface area contributed by atoms with E-state index in [2.05, 4.69) is 60.7 Å². The van der Waals surface area contributed by atoms with Crippen LogP contribution >= 0.6 is 11.8 Å². The lowest BCUT2D eigenvalue weighted by Gasteiger charge is -2.41. The van der Waals surface area contributed by atoms with Gasteiger partial charge < -0.3 is 18.9 Å². The second-order valence-electron chi connectivity index (χ2n) is 9.39. The SMILES string of the molecule is c1ccc(COCC2CC(OCc3ccccc3)C(OCc3ccccc3)C(Sc3ccccc3)O2)cc1. The van der Waals surface area contributed by atoms with Crippen LogP contribution in [-0.4, -0.2) is 30.4 Å². The first-order valence-corrected chi connectivity index (χ1v) is 14.0. The first-order valence-electron chi connectivity index (χ1n) is 13.1. The van der Waals surface area contributed by atoms with Crippen molar-refractivity contribution >= 4 is 11.8 Å². The Kier molecular flexibility index (Phi) is 10.0. The molecule has 5 heteroatoms. The largest absolute Gasteiger partial charge is 0.374 e. The van der Waals surface area contributed by atoms with Crippen molar-refractivity contribution in [3.8, 4) is 0 Å². The van der Waals surface area contributed by atoms with Gasteiger partial charge in [0.2, 0.25) is 0 Å². The normalized spacial score (nSPS) is 21.3. The van der Waals surface area contributed by atoms with Gasteiger partial charge >= 0.3 is 0 Å². The summed E-state index contributed by atoms with van der Waals surface area (Å²) in [6.45, 7) is 2.08. The Morgan fingerprint density at radius 3 is 1.68 bits per heavy atom. The molecule has 0 saturated carbocycles. The van der Waals surface area contributed by atoms with Crippen LogP contribution in [0.25, 0.3) is 0 Å². The zero-order valence-electron chi connectivity index (χ0n) is 21.4. The molecule has 4 aromatic carbocycles. The molecule has 4 nitrogen and oxygen atoms in total. The highest BCUT2D eigenvalue weighted by Gasteiger charge is 2.41. The third-order valence-corrected chi connectivity index (χ3v) is 7.62. The van der Waals surface area contributed by atoms with Crippen LogP contribution in [0.15, 0.2) is 126 Å². The molecular formula is C33H34O4S. The molecule has 0 aromatic heterocycles. The minimum absolute atomic E-state index is 0.0997. The number of ether oxygens (including phenoxy) is 4. The predicted molar refractivity (Wildman–Crippen MR) is 152 cm³/mol. The minimum Gasteiger partial charge on any atom is -0.374 e. The number of thioether (sulfide) groups is 1. The summed E-state index contributed by atoms with van der Waals surface area (Å²) < 4.78 is 25.9. The molecule has 196 valence electrons. The first kappa shape index (κ1) is 26.7. The summed E-state index contributed by atoms with van der Waals surface area (Å²) in [5.41, 5.74) is 3.19. The Labute approximate surface area is 229 Å². The van der Waals surface area contributed by atoms with E-state index in [0.717, 1.165) is 21.6 Å². The molecule has 0 radical (unpaired) electrons. The molecule has 1 fully saturated rings. The van der Waals surface area contributed by atoms with Gasteiger partial charge in [-0.15, -0.1) is 0 Å². The average molecular weight is 527 g/mol. The van der Waals surface area contributed by atoms with Gasteiger partial charge in [-0.25, -0.2) is 0 Å². The van der Waals surface area contributed by atoms with E-state index in [1.807, 2.05) is 60.7 Å². The molecule has 0 bridgehead atoms. The summed E-state index contributed by atoms with van der Waals surface area (Å²) in [4.78, 5) is 1.14. The highest BCUT2D eigenvalue weighted by Crippen LogP contribution is 2.36. The Balaban J connectivity index is 1.32. The van der Waals surface area contributed by atoms with E-state index in [9.17, 15) is 0 Å². The molecule has 4 unspecified atom stereocenters. The van der Waals surface area contributed by atoms with Gasteiger partial charge in [0.25, 0.3) is 0 Å². The fourth-order valence-electron chi connectivity index (χ4n) is 4.50. The standard InChI is InChI=1S/C33H34O4S/c1-5-13-26(14-6-1)22-34-25-29-21-31(35-23-27-15-7-2-8-16-27)32(36-24-28-17-9-3-10-18-28)33(37-29)38-30-19-11-4-12-20-30/h1-20,29,31-33H,21-25H2. The lowest BCUT2D eigenvalue weighted by atomic mass is 10.0. The van der Waals surface area contributed by atoms with Crippen LogP contribution in [0.2, 0.25) is 0 Å². The van der Waals surface area contributed by atoms with E-state index in [0.29, 0.717) is 32.8 Å². The number of hydrogen-bond acceptors (Lipinski definition) is 5. The van der Waals surface area contributed by atoms with Crippen LogP contribution < -0.4 is 0 Å². The quantitative estimate of drug-likeness (QED) is 0.194. The third kappa shape index (κ3) is 8.03. The molecule has 0 N–H and O–H groups in total. The lowest BCUT2D eigenvalue weighted by Crippen LogP contribution is -2.50. The van der Waals surface area contributed by atoms with Crippen LogP contribution in [0.1, 0.15) is 23.1 Å². The molecule has 38 heavy (non-hydrogen) atoms. The zero-order chi connectivity index (χ0) is 25.8. The molecular weight excluding hydrogens is 492 g/mol. The van der Waals surface area contributed by atoms with E-state index >= 15 is 0 Å². The Morgan fingerprint density at radius 2 is 1.11 bits per heavy atom. The lowest BCUT2D eigenvalue weighted by molar-refractivity contribution is -0.192. The van der Waals surface area contributed by atoms with Gasteiger partial charge in [-0.3, -0.25) is 0 Å². The summed E-state index contributed by atoms with van der Waals surface area (Å²) in [5.74, 6) is 0. The second-order valence-corrected chi connectivity index (χ2v) is 10.6. The molecule has 0 amide bonds. The van der Waals surface area contributed by atoms with Crippen molar-refractivity contribution in [1.29, 1.82) is 0 Å². The summed E-state index contributed by atoms with van der Waals surface area (Å²) in [6, 6.07) is 41.1. The Morgan fingerprint density at radius 1 is 0.605 bits per heavy atom. The van der Waals surface area contributed by atoms with Gasteiger partial charge in [0.05, 0.1) is 38.6 Å². The topological polar surface area (TPSA) is 36.9 Å². The molecule has 1 aliphatic heterocycles. The van der Waals surface area contributed by atoms with E-state index in [1.165, 1.54) is 0 Å². The number of benzene rings is 4. The van der Waals surface area contributed by atoms with Crippen molar-refractivity contribution < 1.29 is 18.9 Å². The molecule has 4 aromatic rings. The molecule has 5 rings (SSSR count). The smallest absolute Gasteiger partial charge is 0.136 e. The van der Waals surface area contributed by atoms with E-state index in [-0.39, 0.29) is 23.7 Å². The third-order valence-electron chi connectivity index (χ3n) is 6.46. The molecule has 0 spiro atoms. The van der Waals surface area contributed by atoms with E-state index in [4.69, 9.17) is 18.9 Å². The second kappa shape index (κ2) is 14.3.